The molecule has 16 heavy (non-hydrogen) atoms. The van der Waals surface area contributed by atoms with Gasteiger partial charge in [0.15, 0.2) is 0 Å². The van der Waals surface area contributed by atoms with E-state index in [-0.39, 0.29) is 5.92 Å². The molecule has 1 aliphatic carbocycles. The first-order chi connectivity index (χ1) is 7.58. The van der Waals surface area contributed by atoms with Crippen LogP contribution in [0.5, 0.6) is 0 Å². The zero-order chi connectivity index (χ0) is 11.7. The van der Waals surface area contributed by atoms with Crippen LogP contribution in [0.25, 0.3) is 0 Å². The zero-order valence-electron chi connectivity index (χ0n) is 8.64. The van der Waals surface area contributed by atoms with Gasteiger partial charge in [-0.05, 0) is 36.5 Å². The molecule has 1 aromatic rings. The first kappa shape index (κ1) is 11.4. The lowest BCUT2D eigenvalue weighted by Crippen LogP contribution is -2.16. The Bertz CT molecular complexity index is 388. The highest BCUT2D eigenvalue weighted by molar-refractivity contribution is 6.30. The van der Waals surface area contributed by atoms with Gasteiger partial charge in [0.1, 0.15) is 0 Å². The maximum Gasteiger partial charge on any atom is 0.307 e. The van der Waals surface area contributed by atoms with Crippen LogP contribution < -0.4 is 0 Å². The van der Waals surface area contributed by atoms with Gasteiger partial charge < -0.3 is 10.2 Å². The Morgan fingerprint density at radius 2 is 1.88 bits per heavy atom. The van der Waals surface area contributed by atoms with Crippen LogP contribution in [0.4, 0.5) is 0 Å². The number of hydrogen-bond donors (Lipinski definition) is 2. The van der Waals surface area contributed by atoms with Crippen molar-refractivity contribution in [3.05, 3.63) is 34.9 Å². The minimum Gasteiger partial charge on any atom is -0.481 e. The van der Waals surface area contributed by atoms with Gasteiger partial charge in [0.25, 0.3) is 0 Å². The fourth-order valence-corrected chi connectivity index (χ4v) is 2.49. The van der Waals surface area contributed by atoms with Crippen molar-refractivity contribution in [2.45, 2.75) is 24.9 Å². The van der Waals surface area contributed by atoms with Crippen LogP contribution in [0.3, 0.4) is 0 Å². The number of carboxylic acids is 1. The average molecular weight is 241 g/mol. The van der Waals surface area contributed by atoms with Crippen LogP contribution in [0, 0.1) is 5.92 Å². The van der Waals surface area contributed by atoms with E-state index in [1.165, 1.54) is 0 Å². The summed E-state index contributed by atoms with van der Waals surface area (Å²) in [5.74, 6) is -1.43. The van der Waals surface area contributed by atoms with Gasteiger partial charge in [-0.1, -0.05) is 23.7 Å². The van der Waals surface area contributed by atoms with Gasteiger partial charge in [0.05, 0.1) is 12.0 Å². The highest BCUT2D eigenvalue weighted by Crippen LogP contribution is 2.40. The SMILES string of the molecule is O=C(O)[C@@H]1C[C@H](O)C[C@H]1c1ccc(Cl)cc1. The van der Waals surface area contributed by atoms with Gasteiger partial charge in [0, 0.05) is 5.02 Å². The molecule has 0 unspecified atom stereocenters. The molecule has 0 aliphatic heterocycles. The van der Waals surface area contributed by atoms with E-state index < -0.39 is 18.0 Å². The zero-order valence-corrected chi connectivity index (χ0v) is 9.39. The summed E-state index contributed by atoms with van der Waals surface area (Å²) in [4.78, 5) is 11.1. The lowest BCUT2D eigenvalue weighted by molar-refractivity contribution is -0.142. The highest BCUT2D eigenvalue weighted by atomic mass is 35.5. The van der Waals surface area contributed by atoms with Crippen molar-refractivity contribution in [1.82, 2.24) is 0 Å². The summed E-state index contributed by atoms with van der Waals surface area (Å²) < 4.78 is 0. The minimum absolute atomic E-state index is 0.107. The molecule has 0 amide bonds. The van der Waals surface area contributed by atoms with Gasteiger partial charge in [0.2, 0.25) is 0 Å². The molecule has 86 valence electrons. The predicted molar refractivity (Wildman–Crippen MR) is 60.6 cm³/mol. The fourth-order valence-electron chi connectivity index (χ4n) is 2.36. The number of aliphatic hydroxyl groups excluding tert-OH is 1. The molecule has 2 rings (SSSR count). The maximum absolute atomic E-state index is 11.1. The highest BCUT2D eigenvalue weighted by Gasteiger charge is 2.38. The number of aliphatic carboxylic acids is 1. The standard InChI is InChI=1S/C12H13ClO3/c13-8-3-1-7(2-4-8)10-5-9(14)6-11(10)12(15)16/h1-4,9-11,14H,5-6H2,(H,15,16)/t9-,10+,11-/m1/s1. The molecule has 0 aromatic heterocycles. The van der Waals surface area contributed by atoms with E-state index >= 15 is 0 Å². The first-order valence-electron chi connectivity index (χ1n) is 5.24. The Balaban J connectivity index is 2.25. The summed E-state index contributed by atoms with van der Waals surface area (Å²) in [6, 6.07) is 7.17. The third-order valence-electron chi connectivity index (χ3n) is 3.15. The van der Waals surface area contributed by atoms with Crippen molar-refractivity contribution in [2.24, 2.45) is 5.92 Å². The average Bonchev–Trinajstić information content (AvgIpc) is 2.61. The van der Waals surface area contributed by atoms with Crippen molar-refractivity contribution < 1.29 is 15.0 Å². The Labute approximate surface area is 98.7 Å². The summed E-state index contributed by atoms with van der Waals surface area (Å²) in [7, 11) is 0. The van der Waals surface area contributed by atoms with Gasteiger partial charge in [-0.15, -0.1) is 0 Å². The van der Waals surface area contributed by atoms with Crippen molar-refractivity contribution >= 4 is 17.6 Å². The molecule has 3 atom stereocenters. The van der Waals surface area contributed by atoms with Gasteiger partial charge in [-0.2, -0.15) is 0 Å². The number of hydrogen-bond acceptors (Lipinski definition) is 2. The summed E-state index contributed by atoms with van der Waals surface area (Å²) in [6.07, 6.45) is 0.336. The molecule has 0 saturated heterocycles. The van der Waals surface area contributed by atoms with E-state index in [9.17, 15) is 9.90 Å². The number of aliphatic hydroxyl groups is 1. The Hall–Kier alpha value is -1.06. The number of rotatable bonds is 2. The lowest BCUT2D eigenvalue weighted by Gasteiger charge is -2.15. The molecule has 1 aliphatic rings. The monoisotopic (exact) mass is 240 g/mol. The third-order valence-corrected chi connectivity index (χ3v) is 3.41. The summed E-state index contributed by atoms with van der Waals surface area (Å²) in [5, 5.41) is 19.3. The number of carbonyl (C=O) groups is 1. The molecular formula is C12H13ClO3. The summed E-state index contributed by atoms with van der Waals surface area (Å²) in [5.41, 5.74) is 0.938. The molecule has 0 spiro atoms. The molecule has 0 radical (unpaired) electrons. The molecule has 1 fully saturated rings. The van der Waals surface area contributed by atoms with E-state index in [4.69, 9.17) is 16.7 Å². The van der Waals surface area contributed by atoms with Gasteiger partial charge in [-0.25, -0.2) is 0 Å². The quantitative estimate of drug-likeness (QED) is 0.834. The molecule has 0 bridgehead atoms. The number of halogens is 1. The van der Waals surface area contributed by atoms with E-state index in [1.54, 1.807) is 12.1 Å². The Morgan fingerprint density at radius 1 is 1.25 bits per heavy atom. The van der Waals surface area contributed by atoms with Crippen LogP contribution in [-0.4, -0.2) is 22.3 Å². The van der Waals surface area contributed by atoms with E-state index in [0.717, 1.165) is 5.56 Å². The fraction of sp³-hybridized carbons (Fsp3) is 0.417. The first-order valence-corrected chi connectivity index (χ1v) is 5.62. The minimum atomic E-state index is -0.837. The molecule has 0 heterocycles. The van der Waals surface area contributed by atoms with Crippen molar-refractivity contribution in [2.75, 3.05) is 0 Å². The molecular weight excluding hydrogens is 228 g/mol. The summed E-state index contributed by atoms with van der Waals surface area (Å²) in [6.45, 7) is 0. The van der Waals surface area contributed by atoms with Crippen molar-refractivity contribution in [3.63, 3.8) is 0 Å². The summed E-state index contributed by atoms with van der Waals surface area (Å²) >= 11 is 5.78. The topological polar surface area (TPSA) is 57.5 Å². The Morgan fingerprint density at radius 3 is 2.44 bits per heavy atom. The number of carboxylic acid groups (broad SMARTS) is 1. The molecule has 2 N–H and O–H groups in total. The van der Waals surface area contributed by atoms with Crippen LogP contribution >= 0.6 is 11.6 Å². The van der Waals surface area contributed by atoms with Crippen molar-refractivity contribution in [3.8, 4) is 0 Å². The largest absolute Gasteiger partial charge is 0.481 e. The number of benzene rings is 1. The van der Waals surface area contributed by atoms with Crippen LogP contribution in [0.2, 0.25) is 5.02 Å². The normalized spacial score (nSPS) is 29.2. The second-order valence-corrected chi connectivity index (χ2v) is 4.66. The van der Waals surface area contributed by atoms with Crippen LogP contribution in [0.15, 0.2) is 24.3 Å². The lowest BCUT2D eigenvalue weighted by atomic mass is 9.89. The second kappa shape index (κ2) is 4.44. The molecule has 4 heteroatoms. The van der Waals surface area contributed by atoms with E-state index in [1.807, 2.05) is 12.1 Å². The predicted octanol–water partition coefficient (Wildman–Crippen LogP) is 2.28. The van der Waals surface area contributed by atoms with Crippen LogP contribution in [0.1, 0.15) is 24.3 Å². The molecule has 1 aromatic carbocycles. The van der Waals surface area contributed by atoms with Gasteiger partial charge in [-0.3, -0.25) is 4.79 Å². The smallest absolute Gasteiger partial charge is 0.307 e. The third kappa shape index (κ3) is 2.20. The maximum atomic E-state index is 11.1. The van der Waals surface area contributed by atoms with E-state index in [0.29, 0.717) is 17.9 Å². The molecule has 3 nitrogen and oxygen atoms in total. The second-order valence-electron chi connectivity index (χ2n) is 4.23. The van der Waals surface area contributed by atoms with Gasteiger partial charge >= 0.3 is 5.97 Å². The van der Waals surface area contributed by atoms with E-state index in [2.05, 4.69) is 0 Å². The van der Waals surface area contributed by atoms with Crippen molar-refractivity contribution in [1.29, 1.82) is 0 Å². The van der Waals surface area contributed by atoms with Crippen LogP contribution in [-0.2, 0) is 4.79 Å². The Kier molecular flexibility index (Phi) is 3.17. The molecule has 1 saturated carbocycles.